The zero-order valence-electron chi connectivity index (χ0n) is 12.6. The Labute approximate surface area is 124 Å². The summed E-state index contributed by atoms with van der Waals surface area (Å²) in [5.41, 5.74) is 0.420. The Hall–Kier alpha value is 0.230. The van der Waals surface area contributed by atoms with Crippen molar-refractivity contribution in [3.05, 3.63) is 0 Å². The summed E-state index contributed by atoms with van der Waals surface area (Å²) >= 11 is 4.60. The van der Waals surface area contributed by atoms with Gasteiger partial charge in [0.25, 0.3) is 0 Å². The Morgan fingerprint density at radius 3 is 2.42 bits per heavy atom. The van der Waals surface area contributed by atoms with Gasteiger partial charge in [0, 0.05) is 32.2 Å². The van der Waals surface area contributed by atoms with Gasteiger partial charge in [-0.2, -0.15) is 12.6 Å². The third-order valence-electron chi connectivity index (χ3n) is 5.20. The molecule has 0 bridgehead atoms. The first kappa shape index (κ1) is 15.6. The Morgan fingerprint density at radius 2 is 1.84 bits per heavy atom. The van der Waals surface area contributed by atoms with Gasteiger partial charge in [0.2, 0.25) is 0 Å². The minimum absolute atomic E-state index is 0.420. The van der Waals surface area contributed by atoms with Crippen molar-refractivity contribution in [2.75, 3.05) is 51.7 Å². The molecule has 0 N–H and O–H groups in total. The van der Waals surface area contributed by atoms with Crippen molar-refractivity contribution in [1.29, 1.82) is 0 Å². The highest BCUT2D eigenvalue weighted by atomic mass is 32.1. The Kier molecular flexibility index (Phi) is 6.00. The van der Waals surface area contributed by atoms with Gasteiger partial charge in [-0.05, 0) is 37.0 Å². The molecule has 0 spiro atoms. The number of hydrogen-bond acceptors (Lipinski definition) is 4. The van der Waals surface area contributed by atoms with Crippen molar-refractivity contribution in [3.8, 4) is 0 Å². The first-order chi connectivity index (χ1) is 9.23. The molecule has 0 saturated carbocycles. The lowest BCUT2D eigenvalue weighted by atomic mass is 9.84. The highest BCUT2D eigenvalue weighted by Crippen LogP contribution is 2.31. The molecule has 0 radical (unpaired) electrons. The van der Waals surface area contributed by atoms with Crippen LogP contribution in [0.5, 0.6) is 0 Å². The van der Waals surface area contributed by atoms with E-state index in [0.717, 1.165) is 38.1 Å². The molecule has 0 aromatic rings. The molecule has 4 heteroatoms. The summed E-state index contributed by atoms with van der Waals surface area (Å²) in [5.74, 6) is 1.01. The van der Waals surface area contributed by atoms with E-state index in [1.807, 2.05) is 0 Å². The van der Waals surface area contributed by atoms with E-state index in [4.69, 9.17) is 4.74 Å². The maximum Gasteiger partial charge on any atom is 0.0594 e. The van der Waals surface area contributed by atoms with Crippen LogP contribution < -0.4 is 0 Å². The average molecular weight is 286 g/mol. The molecule has 1 atom stereocenters. The van der Waals surface area contributed by atoms with Gasteiger partial charge in [0.05, 0.1) is 13.2 Å². The van der Waals surface area contributed by atoms with Crippen LogP contribution >= 0.6 is 12.6 Å². The highest BCUT2D eigenvalue weighted by Gasteiger charge is 2.33. The number of rotatable bonds is 6. The standard InChI is InChI=1S/C15H30N2OS/c1-3-15(4-2,13-19)12-16-6-5-14(11-16)17-7-9-18-10-8-17/h14,19H,3-13H2,1-2H3. The van der Waals surface area contributed by atoms with Crippen LogP contribution in [0.15, 0.2) is 0 Å². The second kappa shape index (κ2) is 7.30. The quantitative estimate of drug-likeness (QED) is 0.753. The Balaban J connectivity index is 1.83. The van der Waals surface area contributed by atoms with Crippen molar-refractivity contribution in [2.24, 2.45) is 5.41 Å². The Morgan fingerprint density at radius 1 is 1.16 bits per heavy atom. The maximum absolute atomic E-state index is 5.45. The van der Waals surface area contributed by atoms with Crippen molar-refractivity contribution < 1.29 is 4.74 Å². The van der Waals surface area contributed by atoms with Gasteiger partial charge in [-0.3, -0.25) is 4.90 Å². The second-order valence-corrected chi connectivity index (χ2v) is 6.51. The third kappa shape index (κ3) is 3.87. The molecule has 112 valence electrons. The SMILES string of the molecule is CCC(CC)(CS)CN1CCC(N2CCOCC2)C1. The molecule has 1 unspecified atom stereocenters. The lowest BCUT2D eigenvalue weighted by Gasteiger charge is -2.36. The summed E-state index contributed by atoms with van der Waals surface area (Å²) in [6, 6.07) is 0.759. The van der Waals surface area contributed by atoms with Crippen molar-refractivity contribution in [3.63, 3.8) is 0 Å². The van der Waals surface area contributed by atoms with Gasteiger partial charge in [0.15, 0.2) is 0 Å². The van der Waals surface area contributed by atoms with E-state index >= 15 is 0 Å². The molecular weight excluding hydrogens is 256 g/mol. The van der Waals surface area contributed by atoms with Crippen LogP contribution in [0.2, 0.25) is 0 Å². The highest BCUT2D eigenvalue weighted by molar-refractivity contribution is 7.80. The van der Waals surface area contributed by atoms with Gasteiger partial charge in [-0.1, -0.05) is 13.8 Å². The molecule has 2 rings (SSSR count). The largest absolute Gasteiger partial charge is 0.379 e. The van der Waals surface area contributed by atoms with Crippen LogP contribution in [0.4, 0.5) is 0 Å². The van der Waals surface area contributed by atoms with Crippen molar-refractivity contribution >= 4 is 12.6 Å². The zero-order valence-corrected chi connectivity index (χ0v) is 13.5. The van der Waals surface area contributed by atoms with Gasteiger partial charge in [-0.15, -0.1) is 0 Å². The first-order valence-corrected chi connectivity index (χ1v) is 8.51. The molecule has 2 aliphatic rings. The van der Waals surface area contributed by atoms with E-state index in [2.05, 4.69) is 36.3 Å². The molecule has 0 aliphatic carbocycles. The molecule has 0 amide bonds. The number of likely N-dealkylation sites (tertiary alicyclic amines) is 1. The number of nitrogens with zero attached hydrogens (tertiary/aromatic N) is 2. The van der Waals surface area contributed by atoms with Crippen molar-refractivity contribution in [1.82, 2.24) is 9.80 Å². The maximum atomic E-state index is 5.45. The average Bonchev–Trinajstić information content (AvgIpc) is 2.94. The minimum atomic E-state index is 0.420. The molecular formula is C15H30N2OS. The number of hydrogen-bond donors (Lipinski definition) is 1. The fraction of sp³-hybridized carbons (Fsp3) is 1.00. The summed E-state index contributed by atoms with van der Waals surface area (Å²) in [6.45, 7) is 12.4. The lowest BCUT2D eigenvalue weighted by Crippen LogP contribution is -2.45. The smallest absolute Gasteiger partial charge is 0.0594 e. The molecule has 2 fully saturated rings. The molecule has 0 aromatic carbocycles. The topological polar surface area (TPSA) is 15.7 Å². The predicted molar refractivity (Wildman–Crippen MR) is 84.1 cm³/mol. The number of ether oxygens (including phenoxy) is 1. The summed E-state index contributed by atoms with van der Waals surface area (Å²) in [4.78, 5) is 5.30. The van der Waals surface area contributed by atoms with Crippen molar-refractivity contribution in [2.45, 2.75) is 39.2 Å². The normalized spacial score (nSPS) is 27.0. The molecule has 3 nitrogen and oxygen atoms in total. The van der Waals surface area contributed by atoms with Crippen LogP contribution in [0.25, 0.3) is 0 Å². The van der Waals surface area contributed by atoms with E-state index in [1.165, 1.54) is 38.9 Å². The summed E-state index contributed by atoms with van der Waals surface area (Å²) in [6.07, 6.45) is 3.81. The minimum Gasteiger partial charge on any atom is -0.379 e. The van der Waals surface area contributed by atoms with Crippen LogP contribution in [-0.2, 0) is 4.74 Å². The zero-order chi connectivity index (χ0) is 13.7. The molecule has 2 aliphatic heterocycles. The molecule has 2 saturated heterocycles. The fourth-order valence-electron chi connectivity index (χ4n) is 3.42. The summed E-state index contributed by atoms with van der Waals surface area (Å²) < 4.78 is 5.45. The summed E-state index contributed by atoms with van der Waals surface area (Å²) in [7, 11) is 0. The number of morpholine rings is 1. The predicted octanol–water partition coefficient (Wildman–Crippen LogP) is 2.13. The Bertz CT molecular complexity index is 257. The van der Waals surface area contributed by atoms with Gasteiger partial charge >= 0.3 is 0 Å². The molecule has 0 aromatic heterocycles. The second-order valence-electron chi connectivity index (χ2n) is 6.19. The van der Waals surface area contributed by atoms with Crippen LogP contribution in [-0.4, -0.2) is 67.5 Å². The van der Waals surface area contributed by atoms with Gasteiger partial charge in [-0.25, -0.2) is 0 Å². The summed E-state index contributed by atoms with van der Waals surface area (Å²) in [5, 5.41) is 0. The molecule has 2 heterocycles. The van der Waals surface area contributed by atoms with E-state index < -0.39 is 0 Å². The van der Waals surface area contributed by atoms with E-state index in [9.17, 15) is 0 Å². The first-order valence-electron chi connectivity index (χ1n) is 7.88. The lowest BCUT2D eigenvalue weighted by molar-refractivity contribution is 0.0176. The van der Waals surface area contributed by atoms with Crippen LogP contribution in [0, 0.1) is 5.41 Å². The van der Waals surface area contributed by atoms with E-state index in [0.29, 0.717) is 5.41 Å². The van der Waals surface area contributed by atoms with Crippen LogP contribution in [0.3, 0.4) is 0 Å². The van der Waals surface area contributed by atoms with E-state index in [-0.39, 0.29) is 0 Å². The fourth-order valence-corrected chi connectivity index (χ4v) is 3.97. The third-order valence-corrected chi connectivity index (χ3v) is 5.87. The monoisotopic (exact) mass is 286 g/mol. The number of thiol groups is 1. The van der Waals surface area contributed by atoms with Gasteiger partial charge < -0.3 is 9.64 Å². The van der Waals surface area contributed by atoms with Gasteiger partial charge in [0.1, 0.15) is 0 Å². The van der Waals surface area contributed by atoms with Crippen LogP contribution in [0.1, 0.15) is 33.1 Å². The van der Waals surface area contributed by atoms with E-state index in [1.54, 1.807) is 0 Å². The molecule has 19 heavy (non-hydrogen) atoms.